The number of halogens is 3. The van der Waals surface area contributed by atoms with Crippen LogP contribution in [-0.2, 0) is 16.4 Å². The topological polar surface area (TPSA) is 105 Å². The van der Waals surface area contributed by atoms with Crippen LogP contribution in [0.1, 0.15) is 45.9 Å². The van der Waals surface area contributed by atoms with E-state index in [0.717, 1.165) is 24.0 Å². The first kappa shape index (κ1) is 24.7. The van der Waals surface area contributed by atoms with Crippen molar-refractivity contribution >= 4 is 27.8 Å². The summed E-state index contributed by atoms with van der Waals surface area (Å²) in [5.74, 6) is -0.769. The van der Waals surface area contributed by atoms with Gasteiger partial charge in [0, 0.05) is 18.8 Å². The molecule has 1 aliphatic heterocycles. The average Bonchev–Trinajstić information content (AvgIpc) is 3.29. The van der Waals surface area contributed by atoms with Gasteiger partial charge in [0.25, 0.3) is 11.9 Å². The molecule has 0 spiro atoms. The maximum Gasteiger partial charge on any atom is 0.416 e. The number of alkyl halides is 3. The highest BCUT2D eigenvalue weighted by atomic mass is 32.2. The first-order valence-corrected chi connectivity index (χ1v) is 12.2. The fourth-order valence-electron chi connectivity index (χ4n) is 3.87. The zero-order valence-corrected chi connectivity index (χ0v) is 19.5. The summed E-state index contributed by atoms with van der Waals surface area (Å²) in [7, 11) is -4.11. The van der Waals surface area contributed by atoms with Crippen LogP contribution in [0, 0.1) is 6.92 Å². The van der Waals surface area contributed by atoms with Crippen LogP contribution in [0.2, 0.25) is 0 Å². The Balaban J connectivity index is 1.38. The molecule has 1 aromatic heterocycles. The van der Waals surface area contributed by atoms with Gasteiger partial charge in [0.15, 0.2) is 5.69 Å². The molecule has 35 heavy (non-hydrogen) atoms. The first-order valence-electron chi connectivity index (χ1n) is 10.8. The van der Waals surface area contributed by atoms with Crippen LogP contribution in [0.3, 0.4) is 0 Å². The number of nitrogens with one attached hydrogen (secondary N) is 2. The minimum atomic E-state index is -4.53. The van der Waals surface area contributed by atoms with E-state index in [0.29, 0.717) is 18.4 Å². The molecule has 2 N–H and O–H groups in total. The molecule has 1 saturated heterocycles. The second kappa shape index (κ2) is 9.70. The number of piperidine rings is 1. The van der Waals surface area contributed by atoms with Crippen molar-refractivity contribution in [2.75, 3.05) is 18.4 Å². The van der Waals surface area contributed by atoms with Gasteiger partial charge in [-0.2, -0.15) is 30.9 Å². The summed E-state index contributed by atoms with van der Waals surface area (Å²) in [6.07, 6.45) is -2.37. The van der Waals surface area contributed by atoms with Gasteiger partial charge in [-0.1, -0.05) is 36.4 Å². The highest BCUT2D eigenvalue weighted by Gasteiger charge is 2.32. The Labute approximate surface area is 200 Å². The molecule has 0 aliphatic carbocycles. The van der Waals surface area contributed by atoms with Gasteiger partial charge in [-0.05, 0) is 48.9 Å². The molecule has 2 aromatic carbocycles. The third-order valence-electron chi connectivity index (χ3n) is 5.83. The normalized spacial score (nSPS) is 15.7. The zero-order valence-electron chi connectivity index (χ0n) is 18.7. The SMILES string of the molecule is Cc1ccc(C(F)(F)F)cc1Nc1nc(C(=O)NS(=O)(=O)N2CCC(c3ccccc3)CC2)co1. The number of amides is 1. The highest BCUT2D eigenvalue weighted by molar-refractivity contribution is 7.87. The van der Waals surface area contributed by atoms with E-state index < -0.39 is 27.9 Å². The molecule has 186 valence electrons. The summed E-state index contributed by atoms with van der Waals surface area (Å²) in [5, 5.41) is 2.59. The van der Waals surface area contributed by atoms with Crippen molar-refractivity contribution < 1.29 is 30.8 Å². The molecule has 0 atom stereocenters. The number of hydrogen-bond acceptors (Lipinski definition) is 6. The van der Waals surface area contributed by atoms with Crippen molar-refractivity contribution in [3.05, 3.63) is 77.2 Å². The van der Waals surface area contributed by atoms with Crippen molar-refractivity contribution in [1.82, 2.24) is 14.0 Å². The number of anilines is 2. The Bertz CT molecular complexity index is 1300. The van der Waals surface area contributed by atoms with Crippen LogP contribution >= 0.6 is 0 Å². The predicted molar refractivity (Wildman–Crippen MR) is 122 cm³/mol. The zero-order chi connectivity index (χ0) is 25.2. The number of aryl methyl sites for hydroxylation is 1. The number of carbonyl (C=O) groups is 1. The largest absolute Gasteiger partial charge is 0.431 e. The third-order valence-corrected chi connectivity index (χ3v) is 7.32. The predicted octanol–water partition coefficient (Wildman–Crippen LogP) is 4.60. The van der Waals surface area contributed by atoms with Crippen molar-refractivity contribution in [2.45, 2.75) is 31.9 Å². The molecule has 0 radical (unpaired) electrons. The van der Waals surface area contributed by atoms with E-state index in [1.165, 1.54) is 10.4 Å². The Morgan fingerprint density at radius 3 is 2.46 bits per heavy atom. The van der Waals surface area contributed by atoms with Gasteiger partial charge in [0.2, 0.25) is 0 Å². The Morgan fingerprint density at radius 1 is 1.11 bits per heavy atom. The van der Waals surface area contributed by atoms with Crippen LogP contribution in [0.5, 0.6) is 0 Å². The number of rotatable bonds is 6. The van der Waals surface area contributed by atoms with Gasteiger partial charge < -0.3 is 9.73 Å². The summed E-state index contributed by atoms with van der Waals surface area (Å²) < 4.78 is 72.7. The molecule has 0 bridgehead atoms. The van der Waals surface area contributed by atoms with Crippen LogP contribution < -0.4 is 10.0 Å². The number of benzene rings is 2. The Morgan fingerprint density at radius 2 is 1.80 bits per heavy atom. The van der Waals surface area contributed by atoms with Crippen LogP contribution in [0.25, 0.3) is 0 Å². The minimum absolute atomic E-state index is 0.0857. The number of carbonyl (C=O) groups excluding carboxylic acids is 1. The lowest BCUT2D eigenvalue weighted by molar-refractivity contribution is -0.137. The van der Waals surface area contributed by atoms with Gasteiger partial charge in [0.05, 0.1) is 5.56 Å². The molecule has 3 aromatic rings. The summed E-state index contributed by atoms with van der Waals surface area (Å²) >= 11 is 0. The maximum absolute atomic E-state index is 13.0. The summed E-state index contributed by atoms with van der Waals surface area (Å²) in [5.41, 5.74) is 0.524. The van der Waals surface area contributed by atoms with Gasteiger partial charge >= 0.3 is 16.4 Å². The van der Waals surface area contributed by atoms with Crippen molar-refractivity contribution in [1.29, 1.82) is 0 Å². The monoisotopic (exact) mass is 508 g/mol. The molecule has 4 rings (SSSR count). The Kier molecular flexibility index (Phi) is 6.86. The van der Waals surface area contributed by atoms with Gasteiger partial charge in [-0.15, -0.1) is 0 Å². The van der Waals surface area contributed by atoms with Crippen molar-refractivity contribution in [3.8, 4) is 0 Å². The van der Waals surface area contributed by atoms with E-state index in [2.05, 4.69) is 10.3 Å². The van der Waals surface area contributed by atoms with E-state index in [1.807, 2.05) is 35.1 Å². The number of oxazole rings is 1. The highest BCUT2D eigenvalue weighted by Crippen LogP contribution is 2.33. The van der Waals surface area contributed by atoms with E-state index in [9.17, 15) is 26.4 Å². The molecule has 1 amide bonds. The molecule has 12 heteroatoms. The van der Waals surface area contributed by atoms with E-state index in [1.54, 1.807) is 6.92 Å². The van der Waals surface area contributed by atoms with E-state index in [-0.39, 0.29) is 36.4 Å². The molecule has 8 nitrogen and oxygen atoms in total. The van der Waals surface area contributed by atoms with Crippen LogP contribution in [0.15, 0.2) is 59.2 Å². The fourth-order valence-corrected chi connectivity index (χ4v) is 5.03. The fraction of sp³-hybridized carbons (Fsp3) is 0.304. The second-order valence-electron chi connectivity index (χ2n) is 8.21. The first-order chi connectivity index (χ1) is 16.5. The Hall–Kier alpha value is -3.38. The van der Waals surface area contributed by atoms with E-state index >= 15 is 0 Å². The molecule has 0 saturated carbocycles. The van der Waals surface area contributed by atoms with Gasteiger partial charge in [0.1, 0.15) is 6.26 Å². The lowest BCUT2D eigenvalue weighted by Crippen LogP contribution is -2.46. The summed E-state index contributed by atoms with van der Waals surface area (Å²) in [6, 6.07) is 12.7. The van der Waals surface area contributed by atoms with Gasteiger partial charge in [-0.25, -0.2) is 4.72 Å². The molecular weight excluding hydrogens is 485 g/mol. The van der Waals surface area contributed by atoms with Crippen molar-refractivity contribution in [2.24, 2.45) is 0 Å². The standard InChI is InChI=1S/C23H23F3N4O4S/c1-15-7-8-18(23(24,25)26)13-19(15)27-22-28-20(14-34-22)21(31)29-35(32,33)30-11-9-17(10-12-30)16-5-3-2-4-6-16/h2-8,13-14,17H,9-12H2,1H3,(H,27,28)(H,29,31). The third kappa shape index (κ3) is 5.82. The van der Waals surface area contributed by atoms with Crippen LogP contribution in [0.4, 0.5) is 24.9 Å². The smallest absolute Gasteiger partial charge is 0.416 e. The maximum atomic E-state index is 13.0. The van der Waals surface area contributed by atoms with Crippen molar-refractivity contribution in [3.63, 3.8) is 0 Å². The summed E-state index contributed by atoms with van der Waals surface area (Å²) in [6.45, 7) is 2.10. The number of hydrogen-bond donors (Lipinski definition) is 2. The second-order valence-corrected chi connectivity index (χ2v) is 9.88. The number of nitrogens with zero attached hydrogens (tertiary/aromatic N) is 2. The lowest BCUT2D eigenvalue weighted by atomic mass is 9.90. The minimum Gasteiger partial charge on any atom is -0.431 e. The molecule has 2 heterocycles. The van der Waals surface area contributed by atoms with Gasteiger partial charge in [-0.3, -0.25) is 4.79 Å². The summed E-state index contributed by atoms with van der Waals surface area (Å²) in [4.78, 5) is 16.4. The van der Waals surface area contributed by atoms with Crippen LogP contribution in [-0.4, -0.2) is 36.7 Å². The number of aromatic nitrogens is 1. The molecule has 1 aliphatic rings. The quantitative estimate of drug-likeness (QED) is 0.504. The molecular formula is C23H23F3N4O4S. The average molecular weight is 509 g/mol. The molecule has 0 unspecified atom stereocenters. The lowest BCUT2D eigenvalue weighted by Gasteiger charge is -2.31. The molecule has 1 fully saturated rings. The van der Waals surface area contributed by atoms with E-state index in [4.69, 9.17) is 4.42 Å².